The summed E-state index contributed by atoms with van der Waals surface area (Å²) >= 11 is 0. The molecule has 2 heteroatoms. The molecule has 1 unspecified atom stereocenters. The van der Waals surface area contributed by atoms with E-state index in [9.17, 15) is 5.11 Å². The first-order valence-electron chi connectivity index (χ1n) is 9.83. The molecule has 1 aliphatic heterocycles. The normalized spacial score (nSPS) is 20.2. The molecule has 1 N–H and O–H groups in total. The molecule has 3 rings (SSSR count). The fourth-order valence-corrected chi connectivity index (χ4v) is 4.70. The molecule has 2 aromatic rings. The highest BCUT2D eigenvalue weighted by molar-refractivity contribution is 5.43. The molecule has 0 saturated carbocycles. The van der Waals surface area contributed by atoms with E-state index in [1.165, 1.54) is 24.0 Å². The van der Waals surface area contributed by atoms with Crippen molar-refractivity contribution in [3.63, 3.8) is 0 Å². The average Bonchev–Trinajstić information content (AvgIpc) is 2.81. The molecule has 1 fully saturated rings. The van der Waals surface area contributed by atoms with Crippen LogP contribution in [0.2, 0.25) is 0 Å². The van der Waals surface area contributed by atoms with Gasteiger partial charge in [0.15, 0.2) is 0 Å². The second kappa shape index (κ2) is 7.08. The van der Waals surface area contributed by atoms with Crippen LogP contribution in [-0.2, 0) is 0 Å². The molecule has 26 heavy (non-hydrogen) atoms. The summed E-state index contributed by atoms with van der Waals surface area (Å²) in [5.41, 5.74) is 3.99. The van der Waals surface area contributed by atoms with E-state index >= 15 is 0 Å². The van der Waals surface area contributed by atoms with E-state index in [1.807, 2.05) is 12.1 Å². The lowest BCUT2D eigenvalue weighted by Gasteiger charge is -2.41. The maximum atomic E-state index is 10.6. The van der Waals surface area contributed by atoms with E-state index in [1.54, 1.807) is 0 Å². The van der Waals surface area contributed by atoms with Gasteiger partial charge < -0.3 is 5.11 Å². The highest BCUT2D eigenvalue weighted by Crippen LogP contribution is 2.42. The molecule has 1 saturated heterocycles. The quantitative estimate of drug-likeness (QED) is 0.727. The molecule has 0 radical (unpaired) electrons. The summed E-state index contributed by atoms with van der Waals surface area (Å²) in [5.74, 6) is 0.618. The molecule has 0 spiro atoms. The molecule has 0 bridgehead atoms. The largest absolute Gasteiger partial charge is 0.508 e. The third-order valence-corrected chi connectivity index (χ3v) is 6.21. The zero-order valence-corrected chi connectivity index (χ0v) is 16.9. The van der Waals surface area contributed by atoms with Crippen molar-refractivity contribution in [1.29, 1.82) is 0 Å². The first kappa shape index (κ1) is 19.0. The maximum absolute atomic E-state index is 10.6. The van der Waals surface area contributed by atoms with Crippen LogP contribution in [0, 0.1) is 6.92 Å². The van der Waals surface area contributed by atoms with Gasteiger partial charge in [0.05, 0.1) is 0 Å². The van der Waals surface area contributed by atoms with Crippen LogP contribution in [0.25, 0.3) is 0 Å². The third kappa shape index (κ3) is 3.81. The van der Waals surface area contributed by atoms with Gasteiger partial charge in [-0.15, -0.1) is 0 Å². The zero-order valence-electron chi connectivity index (χ0n) is 16.9. The average molecular weight is 352 g/mol. The summed E-state index contributed by atoms with van der Waals surface area (Å²) in [5, 5.41) is 10.6. The number of rotatable bonds is 5. The molecule has 1 atom stereocenters. The number of benzene rings is 2. The van der Waals surface area contributed by atoms with Crippen LogP contribution in [0.1, 0.15) is 69.6 Å². The van der Waals surface area contributed by atoms with Gasteiger partial charge >= 0.3 is 0 Å². The molecule has 2 nitrogen and oxygen atoms in total. The second-order valence-corrected chi connectivity index (χ2v) is 9.09. The van der Waals surface area contributed by atoms with Crippen molar-refractivity contribution >= 4 is 0 Å². The van der Waals surface area contributed by atoms with Gasteiger partial charge in [0.1, 0.15) is 5.75 Å². The minimum absolute atomic E-state index is 0.211. The number of phenolic OH excluding ortho intramolecular Hbond substituents is 1. The summed E-state index contributed by atoms with van der Waals surface area (Å²) in [7, 11) is 0. The number of phenols is 1. The van der Waals surface area contributed by atoms with Crippen molar-refractivity contribution in [1.82, 2.24) is 4.90 Å². The molecule has 0 aliphatic carbocycles. The van der Waals surface area contributed by atoms with Gasteiger partial charge in [-0.05, 0) is 65.5 Å². The number of aromatic hydroxyl groups is 1. The molecular weight excluding hydrogens is 318 g/mol. The van der Waals surface area contributed by atoms with Gasteiger partial charge in [-0.1, -0.05) is 48.0 Å². The van der Waals surface area contributed by atoms with Crippen molar-refractivity contribution < 1.29 is 5.11 Å². The summed E-state index contributed by atoms with van der Waals surface area (Å²) < 4.78 is 0. The predicted molar refractivity (Wildman–Crippen MR) is 110 cm³/mol. The lowest BCUT2D eigenvalue weighted by molar-refractivity contribution is 0.0765. The molecule has 1 aliphatic rings. The number of nitrogens with zero attached hydrogens (tertiary/aromatic N) is 1. The molecule has 0 amide bonds. The Balaban J connectivity index is 1.91. The van der Waals surface area contributed by atoms with Crippen LogP contribution in [-0.4, -0.2) is 27.6 Å². The maximum Gasteiger partial charge on any atom is 0.119 e. The van der Waals surface area contributed by atoms with Crippen molar-refractivity contribution in [2.75, 3.05) is 6.54 Å². The zero-order chi connectivity index (χ0) is 18.9. The molecular formula is C24H33NO. The van der Waals surface area contributed by atoms with Crippen LogP contribution in [0.15, 0.2) is 48.5 Å². The van der Waals surface area contributed by atoms with Gasteiger partial charge in [-0.3, -0.25) is 4.90 Å². The highest BCUT2D eigenvalue weighted by atomic mass is 16.3. The molecule has 1 heterocycles. The number of likely N-dealkylation sites (tertiary alicyclic amines) is 1. The summed E-state index contributed by atoms with van der Waals surface area (Å²) in [6.07, 6.45) is 3.49. The SMILES string of the molecule is Cc1ccc(O)c(C(CCN2C(C)(C)CCC2(C)C)c2ccccc2)c1. The first-order valence-corrected chi connectivity index (χ1v) is 9.83. The number of hydrogen-bond acceptors (Lipinski definition) is 2. The van der Waals surface area contributed by atoms with E-state index < -0.39 is 0 Å². The van der Waals surface area contributed by atoms with Crippen LogP contribution >= 0.6 is 0 Å². The van der Waals surface area contributed by atoms with Crippen molar-refractivity contribution in [3.8, 4) is 5.75 Å². The number of hydrogen-bond donors (Lipinski definition) is 1. The van der Waals surface area contributed by atoms with Crippen molar-refractivity contribution in [2.24, 2.45) is 0 Å². The van der Waals surface area contributed by atoms with Crippen LogP contribution < -0.4 is 0 Å². The lowest BCUT2D eigenvalue weighted by atomic mass is 9.86. The van der Waals surface area contributed by atoms with E-state index in [0.29, 0.717) is 5.75 Å². The van der Waals surface area contributed by atoms with Gasteiger partial charge in [-0.2, -0.15) is 0 Å². The van der Waals surface area contributed by atoms with Gasteiger partial charge in [0.25, 0.3) is 0 Å². The lowest BCUT2D eigenvalue weighted by Crippen LogP contribution is -2.48. The smallest absolute Gasteiger partial charge is 0.119 e. The third-order valence-electron chi connectivity index (χ3n) is 6.21. The Labute approximate surface area is 158 Å². The Bertz CT molecular complexity index is 732. The van der Waals surface area contributed by atoms with E-state index in [-0.39, 0.29) is 17.0 Å². The Hall–Kier alpha value is -1.80. The molecule has 140 valence electrons. The van der Waals surface area contributed by atoms with Crippen LogP contribution in [0.5, 0.6) is 5.75 Å². The van der Waals surface area contributed by atoms with Crippen LogP contribution in [0.4, 0.5) is 0 Å². The first-order chi connectivity index (χ1) is 12.2. The summed E-state index contributed by atoms with van der Waals surface area (Å²) in [4.78, 5) is 2.67. The van der Waals surface area contributed by atoms with Crippen LogP contribution in [0.3, 0.4) is 0 Å². The monoisotopic (exact) mass is 351 g/mol. The Morgan fingerprint density at radius 2 is 1.58 bits per heavy atom. The minimum Gasteiger partial charge on any atom is -0.508 e. The van der Waals surface area contributed by atoms with E-state index in [4.69, 9.17) is 0 Å². The van der Waals surface area contributed by atoms with Gasteiger partial charge in [0, 0.05) is 29.1 Å². The summed E-state index contributed by atoms with van der Waals surface area (Å²) in [6, 6.07) is 16.6. The van der Waals surface area contributed by atoms with Crippen molar-refractivity contribution in [2.45, 2.75) is 70.9 Å². The highest BCUT2D eigenvalue weighted by Gasteiger charge is 2.44. The fraction of sp³-hybridized carbons (Fsp3) is 0.500. The molecule has 2 aromatic carbocycles. The van der Waals surface area contributed by atoms with E-state index in [0.717, 1.165) is 18.5 Å². The topological polar surface area (TPSA) is 23.5 Å². The van der Waals surface area contributed by atoms with Gasteiger partial charge in [0.2, 0.25) is 0 Å². The fourth-order valence-electron chi connectivity index (χ4n) is 4.70. The van der Waals surface area contributed by atoms with Gasteiger partial charge in [-0.25, -0.2) is 0 Å². The standard InChI is InChI=1S/C24H33NO/c1-18-11-12-22(26)21(17-18)20(19-9-7-6-8-10-19)13-16-25-23(2,3)14-15-24(25,4)5/h6-12,17,20,26H,13-16H2,1-5H3. The van der Waals surface area contributed by atoms with Crippen molar-refractivity contribution in [3.05, 3.63) is 65.2 Å². The molecule has 0 aromatic heterocycles. The summed E-state index contributed by atoms with van der Waals surface area (Å²) in [6.45, 7) is 12.6. The Kier molecular flexibility index (Phi) is 5.16. The van der Waals surface area contributed by atoms with E-state index in [2.05, 4.69) is 75.9 Å². The minimum atomic E-state index is 0.211. The Morgan fingerprint density at radius 1 is 0.962 bits per heavy atom. The second-order valence-electron chi connectivity index (χ2n) is 9.09. The number of aryl methyl sites for hydroxylation is 1. The Morgan fingerprint density at radius 3 is 2.19 bits per heavy atom. The predicted octanol–water partition coefficient (Wildman–Crippen LogP) is 5.88.